The van der Waals surface area contributed by atoms with E-state index >= 15 is 0 Å². The van der Waals surface area contributed by atoms with E-state index in [0.29, 0.717) is 35.3 Å². The van der Waals surface area contributed by atoms with Crippen LogP contribution in [-0.4, -0.2) is 30.4 Å². The molecule has 0 radical (unpaired) electrons. The lowest BCUT2D eigenvalue weighted by Crippen LogP contribution is -2.28. The number of hydrogen-bond donors (Lipinski definition) is 3. The first-order valence-electron chi connectivity index (χ1n) is 14.2. The highest BCUT2D eigenvalue weighted by Crippen LogP contribution is 2.36. The Morgan fingerprint density at radius 2 is 1.86 bits per heavy atom. The minimum absolute atomic E-state index is 0.00598. The van der Waals surface area contributed by atoms with Crippen LogP contribution in [0.15, 0.2) is 59.0 Å². The molecule has 13 heteroatoms. The molecule has 4 rings (SSSR count). The van der Waals surface area contributed by atoms with Gasteiger partial charge in [-0.05, 0) is 74.2 Å². The van der Waals surface area contributed by atoms with Crippen molar-refractivity contribution >= 4 is 26.2 Å². The van der Waals surface area contributed by atoms with E-state index in [-0.39, 0.29) is 30.9 Å². The van der Waals surface area contributed by atoms with Gasteiger partial charge in [0.15, 0.2) is 0 Å². The zero-order valence-corrected chi connectivity index (χ0v) is 25.1. The molecule has 1 fully saturated rings. The number of nitrogens with one attached hydrogen (secondary N) is 2. The molecule has 0 spiro atoms. The molecule has 2 unspecified atom stereocenters. The van der Waals surface area contributed by atoms with Gasteiger partial charge in [0.2, 0.25) is 5.91 Å². The van der Waals surface area contributed by atoms with Crippen molar-refractivity contribution in [1.82, 2.24) is 10.4 Å². The standard InChI is InChI=1S/C30H37N4O8P/c1-20(23-10-14-27(26(17-23)30(31)36)39-18-22-6-4-3-5-7-22)33-28(35)16-21-8-11-24(12-9-21)42-43(32-2)40-19-25-13-15-29(41-25)34(37)38/h8-15,17,20,22,32H,3-7,16,18-19H2,1-2H3,(H2,31,36)(H,33,35). The third kappa shape index (κ3) is 9.51. The number of amides is 2. The van der Waals surface area contributed by atoms with Gasteiger partial charge in [0.25, 0.3) is 5.91 Å². The molecule has 0 bridgehead atoms. The first-order valence-corrected chi connectivity index (χ1v) is 15.4. The van der Waals surface area contributed by atoms with Gasteiger partial charge in [-0.15, -0.1) is 0 Å². The largest absolute Gasteiger partial charge is 0.492 e. The number of furan rings is 1. The van der Waals surface area contributed by atoms with Crippen LogP contribution in [0.2, 0.25) is 0 Å². The molecular weight excluding hydrogens is 575 g/mol. The minimum Gasteiger partial charge on any atom is -0.492 e. The fourth-order valence-electron chi connectivity index (χ4n) is 4.82. The number of carbonyl (C=O) groups excluding carboxylic acids is 2. The Bertz CT molecular complexity index is 1390. The van der Waals surface area contributed by atoms with Crippen molar-refractivity contribution in [2.75, 3.05) is 13.7 Å². The van der Waals surface area contributed by atoms with E-state index in [1.807, 2.05) is 13.0 Å². The van der Waals surface area contributed by atoms with Crippen LogP contribution >= 0.6 is 8.53 Å². The van der Waals surface area contributed by atoms with Crippen molar-refractivity contribution in [3.8, 4) is 11.5 Å². The molecule has 43 heavy (non-hydrogen) atoms. The van der Waals surface area contributed by atoms with Crippen LogP contribution in [-0.2, 0) is 22.3 Å². The SMILES string of the molecule is CNP(OCc1ccc([N+](=O)[O-])o1)Oc1ccc(CC(=O)NC(C)c2ccc(OCC3CCCCC3)c(C(N)=O)c2)cc1. The van der Waals surface area contributed by atoms with E-state index in [9.17, 15) is 19.7 Å². The van der Waals surface area contributed by atoms with Crippen LogP contribution < -0.4 is 25.4 Å². The van der Waals surface area contributed by atoms with Crippen molar-refractivity contribution in [2.24, 2.45) is 11.7 Å². The summed E-state index contributed by atoms with van der Waals surface area (Å²) in [6, 6.07) is 14.7. The van der Waals surface area contributed by atoms with E-state index in [0.717, 1.165) is 24.0 Å². The fourth-order valence-corrected chi connectivity index (χ4v) is 5.65. The van der Waals surface area contributed by atoms with Crippen LogP contribution in [0.25, 0.3) is 0 Å². The van der Waals surface area contributed by atoms with Crippen LogP contribution in [0.5, 0.6) is 11.5 Å². The number of benzene rings is 2. The molecule has 1 aromatic heterocycles. The van der Waals surface area contributed by atoms with Crippen molar-refractivity contribution in [1.29, 1.82) is 0 Å². The lowest BCUT2D eigenvalue weighted by atomic mass is 9.90. The summed E-state index contributed by atoms with van der Waals surface area (Å²) >= 11 is 0. The Morgan fingerprint density at radius 3 is 2.51 bits per heavy atom. The molecule has 2 aromatic carbocycles. The second-order valence-corrected chi connectivity index (χ2v) is 11.8. The predicted octanol–water partition coefficient (Wildman–Crippen LogP) is 5.71. The van der Waals surface area contributed by atoms with Gasteiger partial charge < -0.3 is 29.3 Å². The summed E-state index contributed by atoms with van der Waals surface area (Å²) in [5, 5.41) is 16.6. The number of nitro groups is 1. The highest BCUT2D eigenvalue weighted by Gasteiger charge is 2.19. The minimum atomic E-state index is -1.55. The first kappa shape index (κ1) is 31.9. The number of carbonyl (C=O) groups is 2. The van der Waals surface area contributed by atoms with E-state index < -0.39 is 19.4 Å². The molecule has 12 nitrogen and oxygen atoms in total. The zero-order chi connectivity index (χ0) is 30.8. The van der Waals surface area contributed by atoms with Crippen molar-refractivity contribution in [3.63, 3.8) is 0 Å². The second-order valence-electron chi connectivity index (χ2n) is 10.4. The number of nitrogens with two attached hydrogens (primary N) is 1. The highest BCUT2D eigenvalue weighted by atomic mass is 31.2. The molecular formula is C30H37N4O8P. The van der Waals surface area contributed by atoms with E-state index in [2.05, 4.69) is 10.4 Å². The molecule has 0 saturated heterocycles. The fraction of sp³-hybridized carbons (Fsp3) is 0.400. The number of rotatable bonds is 15. The molecule has 2 atom stereocenters. The lowest BCUT2D eigenvalue weighted by Gasteiger charge is -2.22. The lowest BCUT2D eigenvalue weighted by molar-refractivity contribution is -0.402. The van der Waals surface area contributed by atoms with Gasteiger partial charge in [0.05, 0.1) is 30.7 Å². The summed E-state index contributed by atoms with van der Waals surface area (Å²) in [6.45, 7) is 2.41. The van der Waals surface area contributed by atoms with Crippen LogP contribution in [0.3, 0.4) is 0 Å². The topological polar surface area (TPSA) is 168 Å². The van der Waals surface area contributed by atoms with Gasteiger partial charge in [-0.3, -0.25) is 19.7 Å². The normalized spacial score (nSPS) is 14.9. The van der Waals surface area contributed by atoms with Gasteiger partial charge in [0, 0.05) is 0 Å². The molecule has 0 aliphatic heterocycles. The number of ether oxygens (including phenoxy) is 1. The zero-order valence-electron chi connectivity index (χ0n) is 24.2. The van der Waals surface area contributed by atoms with Crippen LogP contribution in [0, 0.1) is 16.0 Å². The Labute approximate surface area is 251 Å². The van der Waals surface area contributed by atoms with Crippen molar-refractivity contribution < 1.29 is 32.7 Å². The summed E-state index contributed by atoms with van der Waals surface area (Å²) in [6.07, 6.45) is 6.10. The molecule has 1 aliphatic carbocycles. The van der Waals surface area contributed by atoms with E-state index in [4.69, 9.17) is 23.9 Å². The summed E-state index contributed by atoms with van der Waals surface area (Å²) in [7, 11) is 0.122. The second kappa shape index (κ2) is 15.5. The number of primary amides is 1. The Morgan fingerprint density at radius 1 is 1.12 bits per heavy atom. The average molecular weight is 613 g/mol. The summed E-state index contributed by atoms with van der Waals surface area (Å²) < 4.78 is 22.5. The van der Waals surface area contributed by atoms with Gasteiger partial charge >= 0.3 is 14.4 Å². The van der Waals surface area contributed by atoms with Gasteiger partial charge in [-0.1, -0.05) is 37.5 Å². The monoisotopic (exact) mass is 612 g/mol. The van der Waals surface area contributed by atoms with Crippen molar-refractivity contribution in [2.45, 2.75) is 58.1 Å². The molecule has 2 amide bonds. The summed E-state index contributed by atoms with van der Waals surface area (Å²) in [5.41, 5.74) is 7.48. The molecule has 230 valence electrons. The van der Waals surface area contributed by atoms with Gasteiger partial charge in [-0.2, -0.15) is 0 Å². The summed E-state index contributed by atoms with van der Waals surface area (Å²) in [5.74, 6) is 0.677. The highest BCUT2D eigenvalue weighted by molar-refractivity contribution is 7.45. The third-order valence-corrected chi connectivity index (χ3v) is 8.26. The van der Waals surface area contributed by atoms with Crippen molar-refractivity contribution in [3.05, 3.63) is 87.2 Å². The maximum absolute atomic E-state index is 12.8. The molecule has 1 saturated carbocycles. The van der Waals surface area contributed by atoms with E-state index in [1.54, 1.807) is 43.4 Å². The predicted molar refractivity (Wildman–Crippen MR) is 160 cm³/mol. The molecule has 4 N–H and O–H groups in total. The smallest absolute Gasteiger partial charge is 0.433 e. The maximum Gasteiger partial charge on any atom is 0.433 e. The summed E-state index contributed by atoms with van der Waals surface area (Å²) in [4.78, 5) is 35.1. The average Bonchev–Trinajstić information content (AvgIpc) is 3.49. The van der Waals surface area contributed by atoms with Crippen LogP contribution in [0.4, 0.5) is 5.88 Å². The quantitative estimate of drug-likeness (QED) is 0.111. The number of nitrogens with zero attached hydrogens (tertiary/aromatic N) is 1. The van der Waals surface area contributed by atoms with Gasteiger partial charge in [-0.25, -0.2) is 5.09 Å². The van der Waals surface area contributed by atoms with Gasteiger partial charge in [0.1, 0.15) is 28.8 Å². The molecule has 1 heterocycles. The van der Waals surface area contributed by atoms with Crippen LogP contribution in [0.1, 0.15) is 72.3 Å². The number of hydrogen-bond acceptors (Lipinski definition) is 9. The molecule has 1 aliphatic rings. The maximum atomic E-state index is 12.8. The third-order valence-electron chi connectivity index (χ3n) is 7.16. The van der Waals surface area contributed by atoms with E-state index in [1.165, 1.54) is 31.4 Å². The Hall–Kier alpha value is -3.99. The molecule has 3 aromatic rings. The Balaban J connectivity index is 1.27. The first-order chi connectivity index (χ1) is 20.7. The Kier molecular flexibility index (Phi) is 11.5.